The molecule has 1 nitrogen and oxygen atoms in total. The Morgan fingerprint density at radius 3 is 1.50 bits per heavy atom. The summed E-state index contributed by atoms with van der Waals surface area (Å²) in [6, 6.07) is 0. The maximum atomic E-state index is 7.73. The fraction of sp³-hybridized carbons (Fsp3) is 0. The molecule has 0 heterocycles. The van der Waals surface area contributed by atoms with Crippen molar-refractivity contribution in [3.63, 3.8) is 0 Å². The summed E-state index contributed by atoms with van der Waals surface area (Å²) in [4.78, 5) is 0. The average molecular weight is 163 g/mol. The molecular weight excluding hydrogens is 162 g/mol. The van der Waals surface area contributed by atoms with Gasteiger partial charge < -0.3 is 0 Å². The van der Waals surface area contributed by atoms with Crippen LogP contribution >= 0.6 is 19.9 Å². The van der Waals surface area contributed by atoms with Crippen LogP contribution < -0.4 is 0 Å². The summed E-state index contributed by atoms with van der Waals surface area (Å²) < 4.78 is 7.73. The van der Waals surface area contributed by atoms with E-state index in [-0.39, 0.29) is 0 Å². The summed E-state index contributed by atoms with van der Waals surface area (Å²) in [5, 5.41) is 0. The number of halogens is 2. The van der Waals surface area contributed by atoms with Gasteiger partial charge in [0.05, 0.1) is 0 Å². The molecule has 0 bridgehead atoms. The molecular formula is HAsCl2O. The van der Waals surface area contributed by atoms with Crippen LogP contribution in [-0.4, -0.2) is 17.2 Å². The van der Waals surface area contributed by atoms with E-state index in [1.165, 1.54) is 0 Å². The average Bonchev–Trinajstić information content (AvgIpc) is 0.811. The summed E-state index contributed by atoms with van der Waals surface area (Å²) in [5.74, 6) is 0. The van der Waals surface area contributed by atoms with E-state index < -0.39 is 13.1 Å². The third-order valence-electron chi connectivity index (χ3n) is 0. The monoisotopic (exact) mass is 162 g/mol. The minimum absolute atomic E-state index is 2.24. The Labute approximate surface area is 37.5 Å². The molecule has 0 saturated heterocycles. The maximum absolute atomic E-state index is 7.73. The van der Waals surface area contributed by atoms with Crippen molar-refractivity contribution in [3.05, 3.63) is 0 Å². The van der Waals surface area contributed by atoms with Gasteiger partial charge in [-0.15, -0.1) is 0 Å². The quantitative estimate of drug-likeness (QED) is 0.513. The van der Waals surface area contributed by atoms with Crippen molar-refractivity contribution >= 4 is 33.0 Å². The Hall–Kier alpha value is 1.10. The van der Waals surface area contributed by atoms with Gasteiger partial charge in [-0.1, -0.05) is 0 Å². The van der Waals surface area contributed by atoms with Crippen molar-refractivity contribution in [2.24, 2.45) is 0 Å². The first-order chi connectivity index (χ1) is 1.73. The molecule has 4 heavy (non-hydrogen) atoms. The van der Waals surface area contributed by atoms with Gasteiger partial charge in [0, 0.05) is 0 Å². The van der Waals surface area contributed by atoms with Gasteiger partial charge in [-0.05, 0) is 0 Å². The van der Waals surface area contributed by atoms with Gasteiger partial charge in [0.15, 0.2) is 0 Å². The van der Waals surface area contributed by atoms with Crippen molar-refractivity contribution in [2.45, 2.75) is 0 Å². The number of rotatable bonds is 0. The Morgan fingerprint density at radius 1 is 1.50 bits per heavy atom. The summed E-state index contributed by atoms with van der Waals surface area (Å²) in [6.07, 6.45) is 0. The SMILES string of the molecule is O[As](Cl)Cl. The minimum atomic E-state index is -2.24. The Kier molecular flexibility index (Phi) is 2.99. The van der Waals surface area contributed by atoms with Crippen LogP contribution in [0.1, 0.15) is 0 Å². The second-order valence-corrected chi connectivity index (χ2v) is 5.34. The molecule has 26 valence electrons. The van der Waals surface area contributed by atoms with Gasteiger partial charge in [-0.3, -0.25) is 0 Å². The van der Waals surface area contributed by atoms with E-state index in [1.54, 1.807) is 0 Å². The van der Waals surface area contributed by atoms with Crippen molar-refractivity contribution in [1.82, 2.24) is 0 Å². The van der Waals surface area contributed by atoms with E-state index in [0.29, 0.717) is 0 Å². The summed E-state index contributed by atoms with van der Waals surface area (Å²) >= 11 is -2.24. The molecule has 0 aromatic rings. The van der Waals surface area contributed by atoms with Gasteiger partial charge in [0.1, 0.15) is 0 Å². The van der Waals surface area contributed by atoms with Gasteiger partial charge in [-0.2, -0.15) is 0 Å². The molecule has 0 radical (unpaired) electrons. The Bertz CT molecular complexity index is 10.8. The third kappa shape index (κ3) is 11.3. The zero-order valence-electron chi connectivity index (χ0n) is 1.65. The van der Waals surface area contributed by atoms with Crippen LogP contribution in [0.2, 0.25) is 0 Å². The van der Waals surface area contributed by atoms with E-state index in [1.807, 2.05) is 0 Å². The van der Waals surface area contributed by atoms with Gasteiger partial charge in [0.2, 0.25) is 0 Å². The molecule has 4 heteroatoms. The zero-order valence-corrected chi connectivity index (χ0v) is 5.04. The summed E-state index contributed by atoms with van der Waals surface area (Å²) in [5.41, 5.74) is 0. The molecule has 0 atom stereocenters. The van der Waals surface area contributed by atoms with Crippen LogP contribution in [-0.2, 0) is 0 Å². The molecule has 0 saturated carbocycles. The second-order valence-electron chi connectivity index (χ2n) is 0.215. The molecule has 0 fully saturated rings. The molecule has 0 spiro atoms. The number of hydrogen-bond donors (Lipinski definition) is 1. The van der Waals surface area contributed by atoms with Crippen LogP contribution in [0.3, 0.4) is 0 Å². The molecule has 1 N–H and O–H groups in total. The Morgan fingerprint density at radius 2 is 1.50 bits per heavy atom. The molecule has 0 aliphatic heterocycles. The topological polar surface area (TPSA) is 20.2 Å². The van der Waals surface area contributed by atoms with Crippen molar-refractivity contribution in [1.29, 1.82) is 0 Å². The first kappa shape index (κ1) is 5.10. The van der Waals surface area contributed by atoms with Gasteiger partial charge in [-0.25, -0.2) is 0 Å². The Balaban J connectivity index is 2.32. The van der Waals surface area contributed by atoms with Crippen LogP contribution in [0, 0.1) is 0 Å². The van der Waals surface area contributed by atoms with Gasteiger partial charge in [0.25, 0.3) is 0 Å². The van der Waals surface area contributed by atoms with Crippen LogP contribution in [0.4, 0.5) is 0 Å². The van der Waals surface area contributed by atoms with Crippen LogP contribution in [0.15, 0.2) is 0 Å². The summed E-state index contributed by atoms with van der Waals surface area (Å²) in [7, 11) is 9.48. The molecule has 0 rings (SSSR count). The molecule has 0 aromatic carbocycles. The number of hydrogen-bond acceptors (Lipinski definition) is 1. The van der Waals surface area contributed by atoms with E-state index >= 15 is 0 Å². The molecule has 0 aliphatic carbocycles. The molecule has 0 unspecified atom stereocenters. The van der Waals surface area contributed by atoms with E-state index in [9.17, 15) is 0 Å². The third-order valence-corrected chi connectivity index (χ3v) is 0. The zero-order chi connectivity index (χ0) is 3.58. The molecule has 0 aromatic heterocycles. The predicted molar refractivity (Wildman–Crippen MR) is 19.7 cm³/mol. The van der Waals surface area contributed by atoms with Crippen molar-refractivity contribution in [3.8, 4) is 0 Å². The van der Waals surface area contributed by atoms with Crippen molar-refractivity contribution < 1.29 is 4.10 Å². The fourth-order valence-electron chi connectivity index (χ4n) is 0. The van der Waals surface area contributed by atoms with Crippen molar-refractivity contribution in [2.75, 3.05) is 0 Å². The van der Waals surface area contributed by atoms with E-state index in [0.717, 1.165) is 0 Å². The standard InChI is InChI=1S/AsCl2HO/c2-1(3)4/h4H. The summed E-state index contributed by atoms with van der Waals surface area (Å²) in [6.45, 7) is 0. The van der Waals surface area contributed by atoms with Crippen LogP contribution in [0.5, 0.6) is 0 Å². The normalized spacial score (nSPS) is 9.00. The first-order valence-corrected chi connectivity index (χ1v) is 6.31. The molecule has 0 aliphatic rings. The van der Waals surface area contributed by atoms with E-state index in [2.05, 4.69) is 0 Å². The fourth-order valence-corrected chi connectivity index (χ4v) is 0. The van der Waals surface area contributed by atoms with E-state index in [4.69, 9.17) is 24.0 Å². The second kappa shape index (κ2) is 2.34. The van der Waals surface area contributed by atoms with Gasteiger partial charge >= 0.3 is 37.1 Å². The molecule has 0 amide bonds. The predicted octanol–water partition coefficient (Wildman–Crippen LogP) is 0.441. The first-order valence-electron chi connectivity index (χ1n) is 0.538. The van der Waals surface area contributed by atoms with Crippen LogP contribution in [0.25, 0.3) is 0 Å².